The number of hydrogen-bond acceptors (Lipinski definition) is 3. The van der Waals surface area contributed by atoms with Crippen molar-refractivity contribution < 1.29 is 0 Å². The van der Waals surface area contributed by atoms with E-state index in [2.05, 4.69) is 47.8 Å². The summed E-state index contributed by atoms with van der Waals surface area (Å²) < 4.78 is 0. The van der Waals surface area contributed by atoms with E-state index in [0.29, 0.717) is 27.8 Å². The Balaban J connectivity index is 1.82. The lowest BCUT2D eigenvalue weighted by Gasteiger charge is -2.19. The fourth-order valence-electron chi connectivity index (χ4n) is 4.94. The van der Waals surface area contributed by atoms with Gasteiger partial charge in [-0.2, -0.15) is 0 Å². The van der Waals surface area contributed by atoms with Crippen LogP contribution in [-0.2, 0) is 5.41 Å². The Morgan fingerprint density at radius 1 is 0.853 bits per heavy atom. The van der Waals surface area contributed by atoms with Crippen molar-refractivity contribution in [1.82, 2.24) is 0 Å². The maximum atomic E-state index is 9.72. The Bertz CT molecular complexity index is 1560. The molecule has 2 aliphatic rings. The molecule has 2 aromatic carbocycles. The van der Waals surface area contributed by atoms with Crippen LogP contribution in [0.1, 0.15) is 40.3 Å². The van der Waals surface area contributed by atoms with Crippen LogP contribution in [-0.4, -0.2) is 0 Å². The zero-order valence-electron chi connectivity index (χ0n) is 18.5. The normalized spacial score (nSPS) is 18.6. The summed E-state index contributed by atoms with van der Waals surface area (Å²) in [7, 11) is 0. The third-order valence-corrected chi connectivity index (χ3v) is 7.82. The molecule has 0 unspecified atom stereocenters. The van der Waals surface area contributed by atoms with Crippen LogP contribution < -0.4 is 0 Å². The lowest BCUT2D eigenvalue weighted by Crippen LogP contribution is -2.13. The molecule has 158 valence electrons. The third-order valence-electron chi connectivity index (χ3n) is 6.41. The zero-order valence-corrected chi connectivity index (χ0v) is 19.3. The molecule has 0 saturated carbocycles. The number of nitrogens with zero attached hydrogens (tertiary/aromatic N) is 4. The molecule has 5 rings (SSSR count). The predicted molar refractivity (Wildman–Crippen MR) is 135 cm³/mol. The van der Waals surface area contributed by atoms with E-state index in [1.165, 1.54) is 21.6 Å². The maximum absolute atomic E-state index is 9.72. The van der Waals surface area contributed by atoms with Crippen molar-refractivity contribution in [2.24, 2.45) is 0 Å². The number of rotatable bonds is 1. The zero-order chi connectivity index (χ0) is 24.0. The number of benzene rings is 2. The summed E-state index contributed by atoms with van der Waals surface area (Å²) in [6.07, 6.45) is 1.93. The first kappa shape index (κ1) is 21.2. The molecule has 5 heteroatoms. The average Bonchev–Trinajstić information content (AvgIpc) is 3.47. The van der Waals surface area contributed by atoms with E-state index in [0.717, 1.165) is 4.88 Å². The van der Waals surface area contributed by atoms with Crippen LogP contribution in [0.3, 0.4) is 0 Å². The van der Waals surface area contributed by atoms with E-state index < -0.39 is 0 Å². The van der Waals surface area contributed by atoms with Crippen LogP contribution in [0.25, 0.3) is 38.0 Å². The molecule has 0 saturated heterocycles. The number of hydrogen-bond donors (Lipinski definition) is 0. The van der Waals surface area contributed by atoms with E-state index in [-0.39, 0.29) is 16.8 Å². The molecule has 1 aromatic heterocycles. The molecule has 0 fully saturated rings. The van der Waals surface area contributed by atoms with Crippen molar-refractivity contribution in [2.45, 2.75) is 19.3 Å². The fourth-order valence-corrected chi connectivity index (χ4v) is 6.17. The summed E-state index contributed by atoms with van der Waals surface area (Å²) in [5.41, 5.74) is 6.38. The van der Waals surface area contributed by atoms with Gasteiger partial charge in [0.2, 0.25) is 0 Å². The van der Waals surface area contributed by atoms with Crippen molar-refractivity contribution in [3.8, 4) is 23.3 Å². The van der Waals surface area contributed by atoms with Gasteiger partial charge in [0.15, 0.2) is 0 Å². The van der Waals surface area contributed by atoms with Gasteiger partial charge in [0, 0.05) is 26.3 Å². The summed E-state index contributed by atoms with van der Waals surface area (Å²) in [4.78, 5) is 9.16. The molecule has 0 radical (unpaired) electrons. The Morgan fingerprint density at radius 2 is 1.38 bits per heavy atom. The van der Waals surface area contributed by atoms with Crippen molar-refractivity contribution >= 4 is 28.6 Å². The molecule has 0 aliphatic heterocycles. The van der Waals surface area contributed by atoms with Gasteiger partial charge in [-0.3, -0.25) is 0 Å². The monoisotopic (exact) mass is 452 g/mol. The first-order chi connectivity index (χ1) is 16.5. The smallest absolute Gasteiger partial charge is 0.226 e. The fraction of sp³-hybridized carbons (Fsp3) is 0.103. The van der Waals surface area contributed by atoms with Gasteiger partial charge < -0.3 is 0 Å². The number of thiophene rings is 1. The molecule has 3 aromatic rings. The van der Waals surface area contributed by atoms with Gasteiger partial charge in [-0.1, -0.05) is 62.4 Å². The highest BCUT2D eigenvalue weighted by Crippen LogP contribution is 2.54. The van der Waals surface area contributed by atoms with E-state index in [9.17, 15) is 10.5 Å². The van der Waals surface area contributed by atoms with Gasteiger partial charge in [0.05, 0.1) is 25.3 Å². The van der Waals surface area contributed by atoms with E-state index >= 15 is 0 Å². The van der Waals surface area contributed by atoms with Gasteiger partial charge in [-0.15, -0.1) is 11.3 Å². The molecule has 0 spiro atoms. The van der Waals surface area contributed by atoms with Gasteiger partial charge in [0.1, 0.15) is 0 Å². The number of nitriles is 2. The van der Waals surface area contributed by atoms with E-state index in [1.54, 1.807) is 11.3 Å². The predicted octanol–water partition coefficient (Wildman–Crippen LogP) is 7.46. The molecule has 0 amide bonds. The molecule has 4 nitrogen and oxygen atoms in total. The molecular weight excluding hydrogens is 436 g/mol. The van der Waals surface area contributed by atoms with Crippen LogP contribution >= 0.6 is 11.3 Å². The highest BCUT2D eigenvalue weighted by Gasteiger charge is 2.37. The second kappa shape index (κ2) is 7.72. The minimum absolute atomic E-state index is 0.0502. The Morgan fingerprint density at radius 3 is 1.91 bits per heavy atom. The highest BCUT2D eigenvalue weighted by atomic mass is 32.1. The largest absolute Gasteiger partial charge is 0.270 e. The lowest BCUT2D eigenvalue weighted by molar-refractivity contribution is 0.674. The quantitative estimate of drug-likeness (QED) is 0.284. The van der Waals surface area contributed by atoms with Crippen molar-refractivity contribution in [2.75, 3.05) is 0 Å². The molecular formula is C29H16N4S. The van der Waals surface area contributed by atoms with Crippen LogP contribution in [0, 0.1) is 35.8 Å². The van der Waals surface area contributed by atoms with Crippen molar-refractivity contribution in [1.29, 1.82) is 10.5 Å². The summed E-state index contributed by atoms with van der Waals surface area (Å²) in [5.74, 6) is 0. The van der Waals surface area contributed by atoms with Crippen molar-refractivity contribution in [3.63, 3.8) is 0 Å². The second-order valence-corrected chi connectivity index (χ2v) is 9.64. The number of fused-ring (bicyclic) bond motifs is 4. The molecule has 2 aliphatic carbocycles. The highest BCUT2D eigenvalue weighted by molar-refractivity contribution is 7.13. The number of allylic oxidation sites excluding steroid dienone is 5. The van der Waals surface area contributed by atoms with E-state index in [1.807, 2.05) is 48.5 Å². The van der Waals surface area contributed by atoms with E-state index in [4.69, 9.17) is 13.1 Å². The minimum Gasteiger partial charge on any atom is -0.226 e. The molecule has 0 N–H and O–H groups in total. The summed E-state index contributed by atoms with van der Waals surface area (Å²) in [6.45, 7) is 19.6. The Hall–Kier alpha value is -4.68. The lowest BCUT2D eigenvalue weighted by atomic mass is 9.87. The maximum Gasteiger partial charge on any atom is 0.270 e. The summed E-state index contributed by atoms with van der Waals surface area (Å²) >= 11 is 1.67. The van der Waals surface area contributed by atoms with Crippen LogP contribution in [0.5, 0.6) is 0 Å². The molecule has 1 heterocycles. The first-order valence-corrected chi connectivity index (χ1v) is 11.4. The molecule has 0 bridgehead atoms. The van der Waals surface area contributed by atoms with Gasteiger partial charge in [-0.05, 0) is 45.5 Å². The topological polar surface area (TPSA) is 56.3 Å². The summed E-state index contributed by atoms with van der Waals surface area (Å²) in [6, 6.07) is 21.9. The van der Waals surface area contributed by atoms with Crippen LogP contribution in [0.15, 0.2) is 71.6 Å². The Labute approximate surface area is 202 Å². The molecule has 34 heavy (non-hydrogen) atoms. The average molecular weight is 453 g/mol. The Kier molecular flexibility index (Phi) is 4.81. The standard InChI is InChI=1S/C29H16N4S/c1-29(2)23-12-8-7-9-18(23)21-13-17(34-28(21)29)14-22-26(24(15-30)32-3)19-10-5-6-11-20(19)27(22)25(16-31)33-4/h5-14H,1-2H3/b22-14?,26-24-,27-25?. The second-order valence-electron chi connectivity index (χ2n) is 8.56. The van der Waals surface area contributed by atoms with Crippen molar-refractivity contribution in [3.05, 3.63) is 121 Å². The van der Waals surface area contributed by atoms with Crippen LogP contribution in [0.2, 0.25) is 0 Å². The van der Waals surface area contributed by atoms with Gasteiger partial charge >= 0.3 is 0 Å². The van der Waals surface area contributed by atoms with Crippen LogP contribution in [0.4, 0.5) is 0 Å². The van der Waals surface area contributed by atoms with Gasteiger partial charge in [-0.25, -0.2) is 20.2 Å². The SMILES string of the molecule is [C-]#[N+]C(C#N)=C1C(=Cc2cc3c(s2)C(C)(C)c2ccccc2-3)/C(=C(/C#N)[N+]#[C-])c2ccccc21. The first-order valence-electron chi connectivity index (χ1n) is 10.6. The third kappa shape index (κ3) is 2.86. The summed E-state index contributed by atoms with van der Waals surface area (Å²) in [5, 5.41) is 19.4. The molecule has 0 atom stereocenters. The van der Waals surface area contributed by atoms with Gasteiger partial charge in [0.25, 0.3) is 11.4 Å². The minimum atomic E-state index is -0.133.